The van der Waals surface area contributed by atoms with Gasteiger partial charge in [0.25, 0.3) is 5.69 Å². The summed E-state index contributed by atoms with van der Waals surface area (Å²) in [6.45, 7) is 0. The van der Waals surface area contributed by atoms with Crippen LogP contribution in [0.5, 0.6) is 0 Å². The van der Waals surface area contributed by atoms with Crippen LogP contribution in [-0.4, -0.2) is 16.5 Å². The van der Waals surface area contributed by atoms with E-state index in [4.69, 9.17) is 11.1 Å². The van der Waals surface area contributed by atoms with Gasteiger partial charge in [0.05, 0.1) is 10.6 Å². The van der Waals surface area contributed by atoms with Crippen LogP contribution in [0.15, 0.2) is 36.4 Å². The third kappa shape index (κ3) is 3.02. The monoisotopic (exact) mass is 219 g/mol. The second kappa shape index (κ2) is 4.83. The second-order valence-electron chi connectivity index (χ2n) is 2.95. The molecule has 6 heteroatoms. The summed E-state index contributed by atoms with van der Waals surface area (Å²) in [6, 6.07) is 5.46. The molecule has 0 fully saturated rings. The first-order valence-electron chi connectivity index (χ1n) is 4.31. The van der Waals surface area contributed by atoms with Gasteiger partial charge < -0.3 is 11.1 Å². The Bertz CT molecular complexity index is 463. The van der Waals surface area contributed by atoms with Crippen molar-refractivity contribution in [2.24, 2.45) is 5.73 Å². The predicted molar refractivity (Wildman–Crippen MR) is 58.3 cm³/mol. The summed E-state index contributed by atoms with van der Waals surface area (Å²) >= 11 is 0. The average Bonchev–Trinajstić information content (AvgIpc) is 2.26. The highest BCUT2D eigenvalue weighted by Gasteiger charge is 2.05. The van der Waals surface area contributed by atoms with E-state index in [0.717, 1.165) is 6.08 Å². The smallest absolute Gasteiger partial charge is 0.269 e. The number of carbonyl (C=O) groups excluding carboxylic acids is 1. The zero-order chi connectivity index (χ0) is 12.1. The third-order valence-electron chi connectivity index (χ3n) is 1.80. The Kier molecular flexibility index (Phi) is 3.49. The van der Waals surface area contributed by atoms with Crippen LogP contribution in [0.3, 0.4) is 0 Å². The van der Waals surface area contributed by atoms with Crippen molar-refractivity contribution in [1.29, 1.82) is 5.41 Å². The number of nitrogens with one attached hydrogen (secondary N) is 1. The molecule has 6 nitrogen and oxygen atoms in total. The lowest BCUT2D eigenvalue weighted by Gasteiger charge is -1.97. The molecule has 0 aromatic heterocycles. The predicted octanol–water partition coefficient (Wildman–Crippen LogP) is 1.00. The molecule has 0 spiro atoms. The summed E-state index contributed by atoms with van der Waals surface area (Å²) in [6.07, 6.45) is 2.30. The highest BCUT2D eigenvalue weighted by molar-refractivity contribution is 6.09. The van der Waals surface area contributed by atoms with E-state index in [1.165, 1.54) is 30.3 Å². The summed E-state index contributed by atoms with van der Waals surface area (Å²) in [5, 5.41) is 17.9. The molecule has 16 heavy (non-hydrogen) atoms. The normalized spacial score (nSPS) is 10.2. The number of primary amides is 1. The van der Waals surface area contributed by atoms with Gasteiger partial charge in [-0.05, 0) is 23.8 Å². The van der Waals surface area contributed by atoms with Crippen molar-refractivity contribution in [3.8, 4) is 0 Å². The molecule has 0 radical (unpaired) electrons. The summed E-state index contributed by atoms with van der Waals surface area (Å²) in [7, 11) is 0. The molecule has 0 unspecified atom stereocenters. The van der Waals surface area contributed by atoms with Gasteiger partial charge in [-0.15, -0.1) is 0 Å². The highest BCUT2D eigenvalue weighted by atomic mass is 16.6. The van der Waals surface area contributed by atoms with Gasteiger partial charge in [-0.25, -0.2) is 0 Å². The van der Waals surface area contributed by atoms with Crippen molar-refractivity contribution < 1.29 is 9.72 Å². The molecule has 3 N–H and O–H groups in total. The van der Waals surface area contributed by atoms with Crippen LogP contribution < -0.4 is 5.73 Å². The molecule has 0 heterocycles. The number of benzene rings is 1. The van der Waals surface area contributed by atoms with Crippen molar-refractivity contribution in [2.45, 2.75) is 0 Å². The number of nitro groups is 1. The standard InChI is InChI=1S/C10H9N3O3/c11-9(5-6-10(12)14)7-1-3-8(4-2-7)13(15)16/h1-6,11H,(H2,12,14)/b6-5-,11-9?. The van der Waals surface area contributed by atoms with E-state index in [1.807, 2.05) is 0 Å². The maximum Gasteiger partial charge on any atom is 0.269 e. The Hall–Kier alpha value is -2.50. The average molecular weight is 219 g/mol. The molecule has 1 aromatic rings. The molecule has 1 aromatic carbocycles. The maximum absolute atomic E-state index is 10.4. The number of nitrogens with two attached hydrogens (primary N) is 1. The number of nitro benzene ring substituents is 1. The molecule has 0 aliphatic carbocycles. The molecule has 1 amide bonds. The molecule has 0 bridgehead atoms. The molecular weight excluding hydrogens is 210 g/mol. The van der Waals surface area contributed by atoms with Crippen molar-refractivity contribution in [2.75, 3.05) is 0 Å². The quantitative estimate of drug-likeness (QED) is 0.341. The lowest BCUT2D eigenvalue weighted by molar-refractivity contribution is -0.384. The number of rotatable bonds is 4. The van der Waals surface area contributed by atoms with E-state index < -0.39 is 10.8 Å². The van der Waals surface area contributed by atoms with Crippen molar-refractivity contribution in [3.63, 3.8) is 0 Å². The Morgan fingerprint density at radius 2 is 1.88 bits per heavy atom. The maximum atomic E-state index is 10.4. The molecule has 0 atom stereocenters. The molecular formula is C10H9N3O3. The van der Waals surface area contributed by atoms with Gasteiger partial charge in [-0.1, -0.05) is 0 Å². The number of allylic oxidation sites excluding steroid dienone is 1. The Labute approximate surface area is 91.0 Å². The number of amides is 1. The van der Waals surface area contributed by atoms with E-state index in [1.54, 1.807) is 0 Å². The molecule has 0 saturated heterocycles. The number of hydrogen-bond donors (Lipinski definition) is 2. The topological polar surface area (TPSA) is 110 Å². The van der Waals surface area contributed by atoms with Crippen LogP contribution in [0.4, 0.5) is 5.69 Å². The summed E-state index contributed by atoms with van der Waals surface area (Å²) < 4.78 is 0. The zero-order valence-corrected chi connectivity index (χ0v) is 8.21. The SMILES string of the molecule is N=C(/C=C\C(N)=O)c1ccc([N+](=O)[O-])cc1. The fourth-order valence-electron chi connectivity index (χ4n) is 1.02. The van der Waals surface area contributed by atoms with E-state index in [9.17, 15) is 14.9 Å². The highest BCUT2D eigenvalue weighted by Crippen LogP contribution is 2.12. The van der Waals surface area contributed by atoms with Crippen LogP contribution in [0, 0.1) is 15.5 Å². The minimum absolute atomic E-state index is 0.0459. The third-order valence-corrected chi connectivity index (χ3v) is 1.80. The first-order chi connectivity index (χ1) is 7.50. The van der Waals surface area contributed by atoms with Crippen molar-refractivity contribution >= 4 is 17.3 Å². The molecule has 0 saturated carbocycles. The van der Waals surface area contributed by atoms with Gasteiger partial charge in [-0.2, -0.15) is 0 Å². The van der Waals surface area contributed by atoms with E-state index in [2.05, 4.69) is 0 Å². The molecule has 0 aliphatic rings. The van der Waals surface area contributed by atoms with Gasteiger partial charge in [0.2, 0.25) is 5.91 Å². The van der Waals surface area contributed by atoms with Crippen LogP contribution in [0.25, 0.3) is 0 Å². The first kappa shape index (κ1) is 11.6. The van der Waals surface area contributed by atoms with E-state index in [-0.39, 0.29) is 11.4 Å². The molecule has 82 valence electrons. The van der Waals surface area contributed by atoms with E-state index >= 15 is 0 Å². The minimum atomic E-state index is -0.647. The fourth-order valence-corrected chi connectivity index (χ4v) is 1.02. The molecule has 1 rings (SSSR count). The van der Waals surface area contributed by atoms with Gasteiger partial charge in [0, 0.05) is 18.2 Å². The Balaban J connectivity index is 2.86. The number of non-ortho nitro benzene ring substituents is 1. The number of hydrogen-bond acceptors (Lipinski definition) is 4. The lowest BCUT2D eigenvalue weighted by atomic mass is 10.1. The van der Waals surface area contributed by atoms with Crippen molar-refractivity contribution in [1.82, 2.24) is 0 Å². The number of carbonyl (C=O) groups is 1. The van der Waals surface area contributed by atoms with Crippen LogP contribution in [-0.2, 0) is 4.79 Å². The van der Waals surface area contributed by atoms with Gasteiger partial charge in [0.15, 0.2) is 0 Å². The van der Waals surface area contributed by atoms with Gasteiger partial charge >= 0.3 is 0 Å². The largest absolute Gasteiger partial charge is 0.366 e. The first-order valence-corrected chi connectivity index (χ1v) is 4.31. The Morgan fingerprint density at radius 1 is 1.31 bits per heavy atom. The van der Waals surface area contributed by atoms with Crippen molar-refractivity contribution in [3.05, 3.63) is 52.1 Å². The summed E-state index contributed by atoms with van der Waals surface area (Å²) in [5.41, 5.74) is 5.36. The van der Waals surface area contributed by atoms with Crippen LogP contribution >= 0.6 is 0 Å². The molecule has 0 aliphatic heterocycles. The minimum Gasteiger partial charge on any atom is -0.366 e. The van der Waals surface area contributed by atoms with Crippen LogP contribution in [0.1, 0.15) is 5.56 Å². The van der Waals surface area contributed by atoms with Gasteiger partial charge in [-0.3, -0.25) is 14.9 Å². The number of nitrogens with zero attached hydrogens (tertiary/aromatic N) is 1. The lowest BCUT2D eigenvalue weighted by Crippen LogP contribution is -2.07. The van der Waals surface area contributed by atoms with Crippen LogP contribution in [0.2, 0.25) is 0 Å². The fraction of sp³-hybridized carbons (Fsp3) is 0. The van der Waals surface area contributed by atoms with Gasteiger partial charge in [0.1, 0.15) is 0 Å². The Morgan fingerprint density at radius 3 is 2.31 bits per heavy atom. The summed E-state index contributed by atoms with van der Waals surface area (Å²) in [5.74, 6) is -0.647. The summed E-state index contributed by atoms with van der Waals surface area (Å²) in [4.78, 5) is 20.3. The second-order valence-corrected chi connectivity index (χ2v) is 2.95. The van der Waals surface area contributed by atoms with E-state index in [0.29, 0.717) is 5.56 Å². The zero-order valence-electron chi connectivity index (χ0n) is 8.21.